The molecule has 0 aromatic rings. The van der Waals surface area contributed by atoms with Crippen molar-refractivity contribution in [1.29, 1.82) is 0 Å². The fourth-order valence-corrected chi connectivity index (χ4v) is 5.22. The Hall–Kier alpha value is -0.530. The lowest BCUT2D eigenvalue weighted by atomic mass is 10.0. The van der Waals surface area contributed by atoms with E-state index in [9.17, 15) is 4.79 Å². The van der Waals surface area contributed by atoms with E-state index in [0.29, 0.717) is 18.9 Å². The van der Waals surface area contributed by atoms with Crippen LogP contribution in [0, 0.1) is 5.92 Å². The van der Waals surface area contributed by atoms with Gasteiger partial charge in [0.2, 0.25) is 0 Å². The van der Waals surface area contributed by atoms with Gasteiger partial charge >= 0.3 is 5.97 Å². The largest absolute Gasteiger partial charge is 0.465 e. The summed E-state index contributed by atoms with van der Waals surface area (Å²) in [5, 5.41) is 0. The van der Waals surface area contributed by atoms with Crippen LogP contribution < -0.4 is 0 Å². The smallest absolute Gasteiger partial charge is 0.305 e. The maximum absolute atomic E-state index is 12.0. The number of hydrogen-bond acceptors (Lipinski definition) is 2. The van der Waals surface area contributed by atoms with E-state index in [1.165, 1.54) is 161 Å². The molecule has 2 nitrogen and oxygen atoms in total. The van der Waals surface area contributed by atoms with E-state index in [1.54, 1.807) is 0 Å². The standard InChI is InChI=1S/C31H60O2/c1-30-27-25-23-21-19-17-15-13-11-9-7-5-3-2-4-6-8-10-12-14-16-18-20-22-24-26-28-31(32)33-29-30/h30H,2-29H2,1H3. The second-order valence-electron chi connectivity index (χ2n) is 11.2. The van der Waals surface area contributed by atoms with Gasteiger partial charge in [0.05, 0.1) is 6.61 Å². The first-order chi connectivity index (χ1) is 16.3. The van der Waals surface area contributed by atoms with Crippen LogP contribution in [0.1, 0.15) is 180 Å². The van der Waals surface area contributed by atoms with Gasteiger partial charge in [0.15, 0.2) is 0 Å². The molecule has 0 spiro atoms. The Bertz CT molecular complexity index is 406. The molecular formula is C31H60O2. The Morgan fingerprint density at radius 1 is 0.455 bits per heavy atom. The molecule has 0 bridgehead atoms. The molecule has 1 atom stereocenters. The van der Waals surface area contributed by atoms with Crippen LogP contribution in [0.4, 0.5) is 0 Å². The minimum absolute atomic E-state index is 0.0252. The molecule has 1 saturated heterocycles. The summed E-state index contributed by atoms with van der Waals surface area (Å²) >= 11 is 0. The van der Waals surface area contributed by atoms with Crippen LogP contribution in [0.2, 0.25) is 0 Å². The molecule has 0 aliphatic carbocycles. The SMILES string of the molecule is CC1CCCCCCCCCCCCCCCCCCCCCCCCCCCC(=O)OC1. The Morgan fingerprint density at radius 2 is 0.727 bits per heavy atom. The molecular weight excluding hydrogens is 404 g/mol. The zero-order chi connectivity index (χ0) is 23.7. The third kappa shape index (κ3) is 23.0. The summed E-state index contributed by atoms with van der Waals surface area (Å²) in [6.07, 6.45) is 36.6. The predicted octanol–water partition coefficient (Wildman–Crippen LogP) is 10.7. The van der Waals surface area contributed by atoms with E-state index in [0.717, 1.165) is 6.42 Å². The van der Waals surface area contributed by atoms with Crippen molar-refractivity contribution in [3.8, 4) is 0 Å². The minimum Gasteiger partial charge on any atom is -0.465 e. The summed E-state index contributed by atoms with van der Waals surface area (Å²) in [7, 11) is 0. The molecule has 1 heterocycles. The number of rotatable bonds is 0. The highest BCUT2D eigenvalue weighted by molar-refractivity contribution is 5.69. The van der Waals surface area contributed by atoms with Gasteiger partial charge in [-0.1, -0.05) is 161 Å². The van der Waals surface area contributed by atoms with E-state index in [2.05, 4.69) is 6.92 Å². The molecule has 2 heteroatoms. The summed E-state index contributed by atoms with van der Waals surface area (Å²) in [6, 6.07) is 0. The van der Waals surface area contributed by atoms with Crippen LogP contribution >= 0.6 is 0 Å². The van der Waals surface area contributed by atoms with Crippen molar-refractivity contribution in [2.75, 3.05) is 6.61 Å². The molecule has 1 aliphatic heterocycles. The highest BCUT2D eigenvalue weighted by atomic mass is 16.5. The number of esters is 1. The zero-order valence-electron chi connectivity index (χ0n) is 22.7. The van der Waals surface area contributed by atoms with Crippen molar-refractivity contribution in [3.63, 3.8) is 0 Å². The number of hydrogen-bond donors (Lipinski definition) is 0. The van der Waals surface area contributed by atoms with Crippen LogP contribution in [0.15, 0.2) is 0 Å². The molecule has 1 unspecified atom stereocenters. The van der Waals surface area contributed by atoms with Crippen molar-refractivity contribution in [3.05, 3.63) is 0 Å². The quantitative estimate of drug-likeness (QED) is 0.333. The summed E-state index contributed by atoms with van der Waals surface area (Å²) in [4.78, 5) is 12.0. The third-order valence-corrected chi connectivity index (χ3v) is 7.61. The van der Waals surface area contributed by atoms with Gasteiger partial charge in [0, 0.05) is 6.42 Å². The van der Waals surface area contributed by atoms with E-state index in [-0.39, 0.29) is 5.97 Å². The van der Waals surface area contributed by atoms with Crippen LogP contribution in [0.3, 0.4) is 0 Å². The van der Waals surface area contributed by atoms with Crippen molar-refractivity contribution in [1.82, 2.24) is 0 Å². The Balaban J connectivity index is 2.12. The van der Waals surface area contributed by atoms with Crippen molar-refractivity contribution in [2.24, 2.45) is 5.92 Å². The van der Waals surface area contributed by atoms with E-state index >= 15 is 0 Å². The topological polar surface area (TPSA) is 26.3 Å². The second-order valence-corrected chi connectivity index (χ2v) is 11.2. The Labute approximate surface area is 208 Å². The normalized spacial score (nSPS) is 25.4. The second kappa shape index (κ2) is 24.6. The Kier molecular flexibility index (Phi) is 22.7. The highest BCUT2D eigenvalue weighted by Gasteiger charge is 2.07. The van der Waals surface area contributed by atoms with Gasteiger partial charge in [-0.3, -0.25) is 4.79 Å². The lowest BCUT2D eigenvalue weighted by molar-refractivity contribution is -0.145. The molecule has 1 rings (SSSR count). The first-order valence-corrected chi connectivity index (χ1v) is 15.4. The summed E-state index contributed by atoms with van der Waals surface area (Å²) in [6.45, 7) is 2.86. The van der Waals surface area contributed by atoms with Gasteiger partial charge in [-0.05, 0) is 18.8 Å². The lowest BCUT2D eigenvalue weighted by Crippen LogP contribution is -2.11. The van der Waals surface area contributed by atoms with E-state index in [1.807, 2.05) is 0 Å². The van der Waals surface area contributed by atoms with Crippen LogP contribution in [0.5, 0.6) is 0 Å². The van der Waals surface area contributed by atoms with Gasteiger partial charge in [-0.15, -0.1) is 0 Å². The first kappa shape index (κ1) is 30.5. The molecule has 0 aromatic heterocycles. The van der Waals surface area contributed by atoms with Gasteiger partial charge < -0.3 is 4.74 Å². The van der Waals surface area contributed by atoms with Gasteiger partial charge in [-0.25, -0.2) is 0 Å². The van der Waals surface area contributed by atoms with Crippen molar-refractivity contribution in [2.45, 2.75) is 180 Å². The van der Waals surface area contributed by atoms with Crippen LogP contribution in [-0.4, -0.2) is 12.6 Å². The number of carbonyl (C=O) groups excluding carboxylic acids is 1. The minimum atomic E-state index is 0.0252. The van der Waals surface area contributed by atoms with E-state index in [4.69, 9.17) is 4.74 Å². The van der Waals surface area contributed by atoms with Gasteiger partial charge in [-0.2, -0.15) is 0 Å². The summed E-state index contributed by atoms with van der Waals surface area (Å²) in [5.74, 6) is 0.538. The molecule has 1 aliphatic rings. The zero-order valence-corrected chi connectivity index (χ0v) is 22.7. The van der Waals surface area contributed by atoms with Crippen LogP contribution in [-0.2, 0) is 9.53 Å². The molecule has 0 saturated carbocycles. The monoisotopic (exact) mass is 464 g/mol. The molecule has 0 amide bonds. The maximum atomic E-state index is 12.0. The average Bonchev–Trinajstić information content (AvgIpc) is 2.81. The predicted molar refractivity (Wildman–Crippen MR) is 145 cm³/mol. The number of ether oxygens (including phenoxy) is 1. The third-order valence-electron chi connectivity index (χ3n) is 7.61. The molecule has 33 heavy (non-hydrogen) atoms. The molecule has 0 radical (unpaired) electrons. The fourth-order valence-electron chi connectivity index (χ4n) is 5.22. The first-order valence-electron chi connectivity index (χ1n) is 15.4. The van der Waals surface area contributed by atoms with Gasteiger partial charge in [0.1, 0.15) is 0 Å². The molecule has 196 valence electrons. The summed E-state index contributed by atoms with van der Waals surface area (Å²) < 4.78 is 5.52. The molecule has 0 N–H and O–H groups in total. The Morgan fingerprint density at radius 3 is 1.06 bits per heavy atom. The highest BCUT2D eigenvalue weighted by Crippen LogP contribution is 2.17. The summed E-state index contributed by atoms with van der Waals surface area (Å²) in [5.41, 5.74) is 0. The number of cyclic esters (lactones) is 1. The fraction of sp³-hybridized carbons (Fsp3) is 0.968. The van der Waals surface area contributed by atoms with E-state index < -0.39 is 0 Å². The van der Waals surface area contributed by atoms with Crippen molar-refractivity contribution >= 4 is 5.97 Å². The van der Waals surface area contributed by atoms with Crippen LogP contribution in [0.25, 0.3) is 0 Å². The number of carbonyl (C=O) groups is 1. The molecule has 0 aromatic carbocycles. The molecule has 1 fully saturated rings. The van der Waals surface area contributed by atoms with Crippen molar-refractivity contribution < 1.29 is 9.53 Å². The van der Waals surface area contributed by atoms with Gasteiger partial charge in [0.25, 0.3) is 0 Å². The average molecular weight is 465 g/mol. The lowest BCUT2D eigenvalue weighted by Gasteiger charge is -2.12. The maximum Gasteiger partial charge on any atom is 0.305 e.